The van der Waals surface area contributed by atoms with Gasteiger partial charge in [-0.3, -0.25) is 4.79 Å². The van der Waals surface area contributed by atoms with Gasteiger partial charge in [-0.05, 0) is 56.3 Å². The Morgan fingerprint density at radius 3 is 2.84 bits per heavy atom. The predicted octanol–water partition coefficient (Wildman–Crippen LogP) is 3.29. The van der Waals surface area contributed by atoms with Crippen molar-refractivity contribution in [3.05, 3.63) is 47.2 Å². The third-order valence-corrected chi connectivity index (χ3v) is 4.99. The zero-order valence-corrected chi connectivity index (χ0v) is 15.6. The van der Waals surface area contributed by atoms with Crippen LogP contribution in [0.2, 0.25) is 0 Å². The first-order chi connectivity index (χ1) is 12.0. The summed E-state index contributed by atoms with van der Waals surface area (Å²) in [6.45, 7) is 8.59. The van der Waals surface area contributed by atoms with Gasteiger partial charge in [0.1, 0.15) is 5.76 Å². The molecule has 25 heavy (non-hydrogen) atoms. The van der Waals surface area contributed by atoms with Gasteiger partial charge in [-0.1, -0.05) is 11.8 Å². The van der Waals surface area contributed by atoms with E-state index in [2.05, 4.69) is 20.1 Å². The van der Waals surface area contributed by atoms with Crippen molar-refractivity contribution in [2.24, 2.45) is 0 Å². The van der Waals surface area contributed by atoms with Gasteiger partial charge >= 0.3 is 0 Å². The molecule has 0 aliphatic rings. The van der Waals surface area contributed by atoms with Crippen molar-refractivity contribution in [3.63, 3.8) is 0 Å². The minimum atomic E-state index is 0.0714. The van der Waals surface area contributed by atoms with Crippen LogP contribution in [-0.4, -0.2) is 36.3 Å². The highest BCUT2D eigenvalue weighted by atomic mass is 32.2. The minimum Gasteiger partial charge on any atom is -0.467 e. The summed E-state index contributed by atoms with van der Waals surface area (Å²) >= 11 is 1.36. The summed E-state index contributed by atoms with van der Waals surface area (Å²) in [4.78, 5) is 12.7. The van der Waals surface area contributed by atoms with E-state index in [1.165, 1.54) is 11.8 Å². The molecule has 0 spiro atoms. The number of hydrogen-bond donors (Lipinski definition) is 0. The van der Waals surface area contributed by atoms with Gasteiger partial charge in [-0.25, -0.2) is 4.68 Å². The van der Waals surface area contributed by atoms with Crippen LogP contribution in [0.15, 0.2) is 34.0 Å². The van der Waals surface area contributed by atoms with Crippen molar-refractivity contribution in [1.29, 1.82) is 0 Å². The van der Waals surface area contributed by atoms with Gasteiger partial charge in [0.05, 0.1) is 24.6 Å². The molecule has 3 aromatic rings. The molecule has 0 saturated heterocycles. The Labute approximate surface area is 150 Å². The molecule has 0 atom stereocenters. The molecule has 3 aromatic heterocycles. The average molecular weight is 359 g/mol. The number of carbonyl (C=O) groups excluding carboxylic acids is 1. The lowest BCUT2D eigenvalue weighted by Gasteiger charge is -2.08. The first kappa shape index (κ1) is 17.5. The molecule has 0 saturated carbocycles. The van der Waals surface area contributed by atoms with Gasteiger partial charge in [-0.15, -0.1) is 5.10 Å². The van der Waals surface area contributed by atoms with Crippen LogP contribution in [0.5, 0.6) is 0 Å². The first-order valence-corrected chi connectivity index (χ1v) is 9.09. The molecule has 0 unspecified atom stereocenters. The zero-order valence-electron chi connectivity index (χ0n) is 14.8. The van der Waals surface area contributed by atoms with E-state index in [1.807, 2.05) is 45.9 Å². The minimum absolute atomic E-state index is 0.0714. The maximum Gasteiger partial charge on any atom is 0.209 e. The number of tetrazole rings is 1. The monoisotopic (exact) mass is 359 g/mol. The molecule has 0 fully saturated rings. The van der Waals surface area contributed by atoms with Gasteiger partial charge in [-0.2, -0.15) is 0 Å². The summed E-state index contributed by atoms with van der Waals surface area (Å²) in [7, 11) is 0. The number of aromatic nitrogens is 5. The Morgan fingerprint density at radius 1 is 1.36 bits per heavy atom. The summed E-state index contributed by atoms with van der Waals surface area (Å²) in [6.07, 6.45) is 1.66. The lowest BCUT2D eigenvalue weighted by atomic mass is 10.2. The molecular weight excluding hydrogens is 338 g/mol. The molecule has 0 bridgehead atoms. The summed E-state index contributed by atoms with van der Waals surface area (Å²) in [5.41, 5.74) is 2.72. The molecule has 3 heterocycles. The predicted molar refractivity (Wildman–Crippen MR) is 95.0 cm³/mol. The number of ketones is 1. The SMILES string of the molecule is Cc1cc(C(=O)CSc2nnnn2C(C)C)c(C)n1Cc1ccco1. The summed E-state index contributed by atoms with van der Waals surface area (Å²) in [5.74, 6) is 1.24. The maximum atomic E-state index is 12.7. The van der Waals surface area contributed by atoms with E-state index in [0.717, 1.165) is 22.7 Å². The molecule has 7 nitrogen and oxygen atoms in total. The van der Waals surface area contributed by atoms with Crippen molar-refractivity contribution in [2.45, 2.75) is 45.4 Å². The molecule has 0 N–H and O–H groups in total. The van der Waals surface area contributed by atoms with Crippen LogP contribution in [0.25, 0.3) is 0 Å². The van der Waals surface area contributed by atoms with Crippen LogP contribution in [0.1, 0.15) is 47.4 Å². The third kappa shape index (κ3) is 3.68. The number of thioether (sulfide) groups is 1. The summed E-state index contributed by atoms with van der Waals surface area (Å²) in [5, 5.41) is 12.3. The van der Waals surface area contributed by atoms with Crippen LogP contribution >= 0.6 is 11.8 Å². The number of hydrogen-bond acceptors (Lipinski definition) is 6. The Kier molecular flexibility index (Phi) is 5.08. The maximum absolute atomic E-state index is 12.7. The van der Waals surface area contributed by atoms with Gasteiger partial charge in [0.25, 0.3) is 0 Å². The van der Waals surface area contributed by atoms with Gasteiger partial charge < -0.3 is 8.98 Å². The molecule has 0 amide bonds. The van der Waals surface area contributed by atoms with E-state index < -0.39 is 0 Å². The molecule has 0 radical (unpaired) electrons. The molecule has 0 aliphatic carbocycles. The molecule has 0 aliphatic heterocycles. The van der Waals surface area contributed by atoms with E-state index in [-0.39, 0.29) is 11.8 Å². The Bertz CT molecular complexity index is 864. The summed E-state index contributed by atoms with van der Waals surface area (Å²) in [6, 6.07) is 5.89. The number of Topliss-reactive ketones (excluding diaryl/α,β-unsaturated/α-hetero) is 1. The zero-order chi connectivity index (χ0) is 18.0. The fraction of sp³-hybridized carbons (Fsp3) is 0.412. The molecular formula is C17H21N5O2S. The molecule has 3 rings (SSSR count). The standard InChI is InChI=1S/C17H21N5O2S/c1-11(2)22-17(18-19-20-22)25-10-16(23)15-8-12(3)21(13(15)4)9-14-6-5-7-24-14/h5-8,11H,9-10H2,1-4H3. The van der Waals surface area contributed by atoms with Gasteiger partial charge in [0.15, 0.2) is 5.78 Å². The van der Waals surface area contributed by atoms with Crippen molar-refractivity contribution in [3.8, 4) is 0 Å². The first-order valence-electron chi connectivity index (χ1n) is 8.10. The highest BCUT2D eigenvalue weighted by Gasteiger charge is 2.18. The number of carbonyl (C=O) groups is 1. The number of aryl methyl sites for hydroxylation is 1. The van der Waals surface area contributed by atoms with E-state index in [4.69, 9.17) is 4.42 Å². The number of furan rings is 1. The molecule has 132 valence electrons. The Balaban J connectivity index is 1.73. The lowest BCUT2D eigenvalue weighted by Crippen LogP contribution is -2.09. The second kappa shape index (κ2) is 7.26. The van der Waals surface area contributed by atoms with Gasteiger partial charge in [0, 0.05) is 17.0 Å². The van der Waals surface area contributed by atoms with Gasteiger partial charge in [0.2, 0.25) is 5.16 Å². The third-order valence-electron chi connectivity index (χ3n) is 4.05. The topological polar surface area (TPSA) is 78.7 Å². The van der Waals surface area contributed by atoms with Crippen LogP contribution in [0.4, 0.5) is 0 Å². The normalized spacial score (nSPS) is 11.4. The van der Waals surface area contributed by atoms with Crippen LogP contribution < -0.4 is 0 Å². The Hall–Kier alpha value is -2.35. The Morgan fingerprint density at radius 2 is 2.16 bits per heavy atom. The quantitative estimate of drug-likeness (QED) is 0.476. The second-order valence-corrected chi connectivity index (χ2v) is 7.10. The number of nitrogens with zero attached hydrogens (tertiary/aromatic N) is 5. The molecule has 0 aromatic carbocycles. The summed E-state index contributed by atoms with van der Waals surface area (Å²) < 4.78 is 9.23. The van der Waals surface area contributed by atoms with Crippen LogP contribution in [-0.2, 0) is 6.54 Å². The van der Waals surface area contributed by atoms with E-state index >= 15 is 0 Å². The second-order valence-electron chi connectivity index (χ2n) is 6.16. The fourth-order valence-electron chi connectivity index (χ4n) is 2.70. The average Bonchev–Trinajstić information content (AvgIpc) is 3.29. The van der Waals surface area contributed by atoms with E-state index in [9.17, 15) is 4.79 Å². The van der Waals surface area contributed by atoms with E-state index in [1.54, 1.807) is 10.9 Å². The number of rotatable bonds is 7. The van der Waals surface area contributed by atoms with Crippen molar-refractivity contribution < 1.29 is 9.21 Å². The largest absolute Gasteiger partial charge is 0.467 e. The fourth-order valence-corrected chi connectivity index (χ4v) is 3.59. The van der Waals surface area contributed by atoms with Crippen molar-refractivity contribution in [1.82, 2.24) is 24.8 Å². The highest BCUT2D eigenvalue weighted by Crippen LogP contribution is 2.22. The van der Waals surface area contributed by atoms with Crippen LogP contribution in [0, 0.1) is 13.8 Å². The van der Waals surface area contributed by atoms with Crippen molar-refractivity contribution >= 4 is 17.5 Å². The van der Waals surface area contributed by atoms with Crippen LogP contribution in [0.3, 0.4) is 0 Å². The van der Waals surface area contributed by atoms with Crippen molar-refractivity contribution in [2.75, 3.05) is 5.75 Å². The molecule has 8 heteroatoms. The lowest BCUT2D eigenvalue weighted by molar-refractivity contribution is 0.102. The smallest absolute Gasteiger partial charge is 0.209 e. The van der Waals surface area contributed by atoms with E-state index in [0.29, 0.717) is 17.5 Å². The highest BCUT2D eigenvalue weighted by molar-refractivity contribution is 7.99.